The van der Waals surface area contributed by atoms with E-state index >= 15 is 0 Å². The molecule has 6 nitrogen and oxygen atoms in total. The van der Waals surface area contributed by atoms with Crippen molar-refractivity contribution in [2.24, 2.45) is 17.3 Å². The van der Waals surface area contributed by atoms with Gasteiger partial charge < -0.3 is 18.9 Å². The Kier molecular flexibility index (Phi) is 13.9. The Balaban J connectivity index is 1.28. The molecule has 0 aromatic heterocycles. The summed E-state index contributed by atoms with van der Waals surface area (Å²) in [4.78, 5) is 26.3. The van der Waals surface area contributed by atoms with Crippen molar-refractivity contribution in [2.45, 2.75) is 143 Å². The number of ether oxygens (including phenoxy) is 4. The molecule has 52 heavy (non-hydrogen) atoms. The normalized spacial score (nSPS) is 20.7. The molecule has 0 heterocycles. The number of carbonyl (C=O) groups is 2. The summed E-state index contributed by atoms with van der Waals surface area (Å²) in [6.07, 6.45) is 16.0. The van der Waals surface area contributed by atoms with Gasteiger partial charge in [0.25, 0.3) is 0 Å². The fraction of sp³-hybridized carbons (Fsp3) is 0.565. The van der Waals surface area contributed by atoms with E-state index in [1.165, 1.54) is 51.4 Å². The van der Waals surface area contributed by atoms with Gasteiger partial charge in [0.2, 0.25) is 0 Å². The molecule has 0 saturated heterocycles. The van der Waals surface area contributed by atoms with Gasteiger partial charge in [-0.3, -0.25) is 0 Å². The van der Waals surface area contributed by atoms with Crippen LogP contribution in [-0.2, 0) is 4.74 Å². The summed E-state index contributed by atoms with van der Waals surface area (Å²) in [5.74, 6) is 2.13. The van der Waals surface area contributed by atoms with E-state index in [1.807, 2.05) is 31.2 Å². The maximum atomic E-state index is 13.5. The first kappa shape index (κ1) is 39.4. The molecule has 0 radical (unpaired) electrons. The molecule has 0 spiro atoms. The van der Waals surface area contributed by atoms with Crippen molar-refractivity contribution >= 4 is 11.9 Å². The minimum absolute atomic E-state index is 0.0511. The van der Waals surface area contributed by atoms with Crippen LogP contribution >= 0.6 is 0 Å². The Morgan fingerprint density at radius 1 is 0.750 bits per heavy atom. The average Bonchev–Trinajstić information content (AvgIpc) is 3.61. The maximum Gasteiger partial charge on any atom is 0.343 e. The largest absolute Gasteiger partial charge is 0.494 e. The monoisotopic (exact) mass is 710 g/mol. The predicted molar refractivity (Wildman–Crippen MR) is 209 cm³/mol. The molecular weight excluding hydrogens is 648 g/mol. The Bertz CT molecular complexity index is 1590. The van der Waals surface area contributed by atoms with E-state index < -0.39 is 5.97 Å². The van der Waals surface area contributed by atoms with Gasteiger partial charge in [0.05, 0.1) is 23.8 Å². The van der Waals surface area contributed by atoms with Crippen molar-refractivity contribution < 1.29 is 28.5 Å². The van der Waals surface area contributed by atoms with Crippen LogP contribution in [0.5, 0.6) is 17.2 Å². The molecule has 0 amide bonds. The first-order valence-corrected chi connectivity index (χ1v) is 20.2. The van der Waals surface area contributed by atoms with Crippen LogP contribution in [0.1, 0.15) is 152 Å². The highest BCUT2D eigenvalue weighted by atomic mass is 16.5. The highest BCUT2D eigenvalue weighted by Gasteiger charge is 2.74. The predicted octanol–water partition coefficient (Wildman–Crippen LogP) is 12.4. The van der Waals surface area contributed by atoms with Gasteiger partial charge in [0.15, 0.2) is 0 Å². The fourth-order valence-corrected chi connectivity index (χ4v) is 8.20. The Labute approximate surface area is 313 Å². The number of hydrogen-bond donors (Lipinski definition) is 0. The lowest BCUT2D eigenvalue weighted by Gasteiger charge is -2.30. The molecule has 2 aliphatic rings. The van der Waals surface area contributed by atoms with E-state index in [0.29, 0.717) is 34.5 Å². The summed E-state index contributed by atoms with van der Waals surface area (Å²) in [5.41, 5.74) is 2.58. The van der Waals surface area contributed by atoms with Crippen LogP contribution in [0.3, 0.4) is 0 Å². The van der Waals surface area contributed by atoms with E-state index in [0.717, 1.165) is 62.0 Å². The SMILES string of the molecule is CCCCCCCCOc1ccc(-c2ccc(C(=O)Oc3ccc(C(=O)OC(C)CCCCCC)cc3)cc2OC23CC(C)CCC2C3(C)C)cc1. The van der Waals surface area contributed by atoms with E-state index in [1.54, 1.807) is 30.3 Å². The Morgan fingerprint density at radius 2 is 1.38 bits per heavy atom. The minimum atomic E-state index is -0.480. The third kappa shape index (κ3) is 9.79. The number of esters is 2. The van der Waals surface area contributed by atoms with Gasteiger partial charge in [-0.25, -0.2) is 9.59 Å². The summed E-state index contributed by atoms with van der Waals surface area (Å²) >= 11 is 0. The number of carbonyl (C=O) groups excluding carboxylic acids is 2. The molecular formula is C46H62O6. The number of fused-ring (bicyclic) bond motifs is 1. The van der Waals surface area contributed by atoms with Gasteiger partial charge in [-0.1, -0.05) is 105 Å². The summed E-state index contributed by atoms with van der Waals surface area (Å²) in [5, 5.41) is 0. The fourth-order valence-electron chi connectivity index (χ4n) is 8.20. The standard InChI is InChI=1S/C46H62O6/c1-7-9-11-13-14-16-30-49-38-24-19-35(20-25-38)40-28-23-37(31-41(40)52-46-32-33(3)18-29-42(46)45(46,5)6)44(48)51-39-26-21-36(22-27-39)43(47)50-34(4)17-15-12-10-8-2/h19-28,31,33-34,42H,7-18,29-30,32H2,1-6H3. The van der Waals surface area contributed by atoms with Crippen LogP contribution in [0, 0.1) is 17.3 Å². The van der Waals surface area contributed by atoms with Crippen molar-refractivity contribution in [1.29, 1.82) is 0 Å². The van der Waals surface area contributed by atoms with Gasteiger partial charge in [0.1, 0.15) is 22.8 Å². The maximum absolute atomic E-state index is 13.5. The molecule has 2 saturated carbocycles. The van der Waals surface area contributed by atoms with Crippen LogP contribution in [-0.4, -0.2) is 30.3 Å². The molecule has 6 heteroatoms. The number of unbranched alkanes of at least 4 members (excludes halogenated alkanes) is 8. The average molecular weight is 711 g/mol. The van der Waals surface area contributed by atoms with Crippen LogP contribution in [0.25, 0.3) is 11.1 Å². The second-order valence-corrected chi connectivity index (χ2v) is 16.0. The zero-order valence-corrected chi connectivity index (χ0v) is 32.6. The lowest BCUT2D eigenvalue weighted by atomic mass is 9.88. The van der Waals surface area contributed by atoms with Crippen molar-refractivity contribution in [3.05, 3.63) is 77.9 Å². The zero-order valence-electron chi connectivity index (χ0n) is 32.6. The van der Waals surface area contributed by atoms with Gasteiger partial charge in [-0.05, 0) is 105 Å². The third-order valence-electron chi connectivity index (χ3n) is 11.6. The summed E-state index contributed by atoms with van der Waals surface area (Å²) < 4.78 is 24.6. The topological polar surface area (TPSA) is 71.1 Å². The van der Waals surface area contributed by atoms with Gasteiger partial charge in [0, 0.05) is 16.9 Å². The molecule has 3 aromatic carbocycles. The molecule has 4 unspecified atom stereocenters. The lowest BCUT2D eigenvalue weighted by molar-refractivity contribution is 0.0319. The quantitative estimate of drug-likeness (QED) is 0.0660. The van der Waals surface area contributed by atoms with Crippen LogP contribution in [0.2, 0.25) is 0 Å². The van der Waals surface area contributed by atoms with Crippen LogP contribution < -0.4 is 14.2 Å². The van der Waals surface area contributed by atoms with Crippen LogP contribution in [0.4, 0.5) is 0 Å². The molecule has 0 N–H and O–H groups in total. The zero-order chi connectivity index (χ0) is 37.1. The van der Waals surface area contributed by atoms with Crippen molar-refractivity contribution in [1.82, 2.24) is 0 Å². The van der Waals surface area contributed by atoms with Crippen molar-refractivity contribution in [3.8, 4) is 28.4 Å². The second kappa shape index (κ2) is 18.3. The third-order valence-corrected chi connectivity index (χ3v) is 11.6. The molecule has 0 bridgehead atoms. The smallest absolute Gasteiger partial charge is 0.343 e. The van der Waals surface area contributed by atoms with Crippen molar-refractivity contribution in [3.63, 3.8) is 0 Å². The number of rotatable bonds is 20. The van der Waals surface area contributed by atoms with Gasteiger partial charge in [-0.2, -0.15) is 0 Å². The van der Waals surface area contributed by atoms with E-state index in [9.17, 15) is 9.59 Å². The van der Waals surface area contributed by atoms with Crippen molar-refractivity contribution in [2.75, 3.05) is 6.61 Å². The Hall–Kier alpha value is -3.80. The van der Waals surface area contributed by atoms with Gasteiger partial charge >= 0.3 is 11.9 Å². The van der Waals surface area contributed by atoms with E-state index in [4.69, 9.17) is 18.9 Å². The van der Waals surface area contributed by atoms with Crippen LogP contribution in [0.15, 0.2) is 66.7 Å². The van der Waals surface area contributed by atoms with Gasteiger partial charge in [-0.15, -0.1) is 0 Å². The highest BCUT2D eigenvalue weighted by Crippen LogP contribution is 2.70. The number of hydrogen-bond acceptors (Lipinski definition) is 6. The molecule has 2 fully saturated rings. The summed E-state index contributed by atoms with van der Waals surface area (Å²) in [7, 11) is 0. The molecule has 2 aliphatic carbocycles. The lowest BCUT2D eigenvalue weighted by Crippen LogP contribution is -2.31. The highest BCUT2D eigenvalue weighted by molar-refractivity contribution is 5.93. The summed E-state index contributed by atoms with van der Waals surface area (Å²) in [6, 6.07) is 20.4. The Morgan fingerprint density at radius 3 is 2.10 bits per heavy atom. The first-order valence-electron chi connectivity index (χ1n) is 20.2. The second-order valence-electron chi connectivity index (χ2n) is 16.0. The first-order chi connectivity index (χ1) is 25.1. The van der Waals surface area contributed by atoms with E-state index in [-0.39, 0.29) is 23.1 Å². The molecule has 4 atom stereocenters. The number of benzene rings is 3. The minimum Gasteiger partial charge on any atom is -0.494 e. The molecule has 3 aromatic rings. The molecule has 0 aliphatic heterocycles. The molecule has 5 rings (SSSR count). The van der Waals surface area contributed by atoms with E-state index in [2.05, 4.69) is 46.8 Å². The summed E-state index contributed by atoms with van der Waals surface area (Å²) in [6.45, 7) is 14.0. The molecule has 282 valence electrons.